The van der Waals surface area contributed by atoms with E-state index in [1.54, 1.807) is 4.90 Å². The molecule has 0 spiro atoms. The number of aliphatic hydroxyl groups is 1. The fourth-order valence-electron chi connectivity index (χ4n) is 3.38. The van der Waals surface area contributed by atoms with Crippen molar-refractivity contribution in [3.05, 3.63) is 0 Å². The molecule has 30 heavy (non-hydrogen) atoms. The van der Waals surface area contributed by atoms with Gasteiger partial charge in [0, 0.05) is 26.7 Å². The zero-order chi connectivity index (χ0) is 22.9. The van der Waals surface area contributed by atoms with Crippen molar-refractivity contribution in [2.45, 2.75) is 103 Å². The lowest BCUT2D eigenvalue weighted by atomic mass is 9.92. The van der Waals surface area contributed by atoms with Crippen LogP contribution < -0.4 is 10.0 Å². The highest BCUT2D eigenvalue weighted by Crippen LogP contribution is 2.21. The van der Waals surface area contributed by atoms with Crippen LogP contribution in [-0.4, -0.2) is 63.0 Å². The molecule has 3 N–H and O–H groups in total. The quantitative estimate of drug-likeness (QED) is 0.259. The van der Waals surface area contributed by atoms with Crippen molar-refractivity contribution in [1.82, 2.24) is 14.9 Å². The zero-order valence-electron chi connectivity index (χ0n) is 19.8. The number of hydrogen-bond donors (Lipinski definition) is 3. The van der Waals surface area contributed by atoms with Gasteiger partial charge in [0.05, 0.1) is 11.9 Å². The lowest BCUT2D eigenvalue weighted by Gasteiger charge is -2.24. The van der Waals surface area contributed by atoms with Crippen LogP contribution >= 0.6 is 0 Å². The summed E-state index contributed by atoms with van der Waals surface area (Å²) < 4.78 is 24.4. The molecule has 0 saturated heterocycles. The molecule has 0 bridgehead atoms. The molecular formula is C22H47N3O4S. The monoisotopic (exact) mass is 449 g/mol. The maximum absolute atomic E-state index is 12.1. The molecule has 0 aromatic carbocycles. The van der Waals surface area contributed by atoms with Gasteiger partial charge in [0.15, 0.2) is 0 Å². The molecule has 7 nitrogen and oxygen atoms in total. The van der Waals surface area contributed by atoms with E-state index >= 15 is 0 Å². The van der Waals surface area contributed by atoms with Crippen LogP contribution in [0.3, 0.4) is 0 Å². The van der Waals surface area contributed by atoms with Gasteiger partial charge in [-0.05, 0) is 45.4 Å². The number of unbranched alkanes of at least 4 members (excludes halogenated alkanes) is 8. The summed E-state index contributed by atoms with van der Waals surface area (Å²) in [5.41, 5.74) is -0.588. The molecule has 0 saturated carbocycles. The summed E-state index contributed by atoms with van der Waals surface area (Å²) in [4.78, 5) is 13.8. The van der Waals surface area contributed by atoms with Crippen LogP contribution in [0.25, 0.3) is 0 Å². The van der Waals surface area contributed by atoms with Crippen molar-refractivity contribution in [2.75, 3.05) is 32.9 Å². The SMILES string of the molecule is CCCCCCC(C)(O)CCCCN(C)C(=O)NCCCCCCCNS(C)(=O)=O. The zero-order valence-corrected chi connectivity index (χ0v) is 20.7. The van der Waals surface area contributed by atoms with Gasteiger partial charge in [0.2, 0.25) is 10.0 Å². The molecule has 0 rings (SSSR count). The standard InChI is InChI=1S/C22H47N3O4S/c1-5-6-7-11-16-22(2,27)17-12-15-20-25(3)21(26)23-18-13-9-8-10-14-19-24-30(4,28)29/h24,27H,5-20H2,1-4H3,(H,23,26). The number of carbonyl (C=O) groups is 1. The van der Waals surface area contributed by atoms with Crippen LogP contribution in [0.5, 0.6) is 0 Å². The Bertz CT molecular complexity index is 539. The largest absolute Gasteiger partial charge is 0.390 e. The predicted octanol–water partition coefficient (Wildman–Crippen LogP) is 4.02. The second kappa shape index (κ2) is 16.8. The first-order chi connectivity index (χ1) is 14.1. The van der Waals surface area contributed by atoms with Gasteiger partial charge in [-0.1, -0.05) is 51.9 Å². The van der Waals surface area contributed by atoms with E-state index < -0.39 is 15.6 Å². The number of nitrogens with zero attached hydrogens (tertiary/aromatic N) is 1. The van der Waals surface area contributed by atoms with E-state index in [4.69, 9.17) is 0 Å². The maximum Gasteiger partial charge on any atom is 0.317 e. The molecule has 1 atom stereocenters. The first-order valence-electron chi connectivity index (χ1n) is 11.7. The number of amides is 2. The third kappa shape index (κ3) is 19.1. The minimum Gasteiger partial charge on any atom is -0.390 e. The number of urea groups is 1. The molecule has 0 aliphatic rings. The van der Waals surface area contributed by atoms with E-state index in [9.17, 15) is 18.3 Å². The van der Waals surface area contributed by atoms with Gasteiger partial charge in [0.25, 0.3) is 0 Å². The third-order valence-electron chi connectivity index (χ3n) is 5.37. The van der Waals surface area contributed by atoms with Crippen LogP contribution in [0.2, 0.25) is 0 Å². The van der Waals surface area contributed by atoms with Crippen LogP contribution in [0.1, 0.15) is 97.3 Å². The Kier molecular flexibility index (Phi) is 16.3. The Morgan fingerprint density at radius 1 is 0.900 bits per heavy atom. The summed E-state index contributed by atoms with van der Waals surface area (Å²) in [6.07, 6.45) is 14.2. The number of carbonyl (C=O) groups excluding carboxylic acids is 1. The topological polar surface area (TPSA) is 98.7 Å². The molecular weight excluding hydrogens is 402 g/mol. The Balaban J connectivity index is 3.64. The minimum atomic E-state index is -3.08. The van der Waals surface area contributed by atoms with Gasteiger partial charge in [-0.3, -0.25) is 0 Å². The van der Waals surface area contributed by atoms with Gasteiger partial charge in [-0.2, -0.15) is 0 Å². The Hall–Kier alpha value is -0.860. The maximum atomic E-state index is 12.1. The lowest BCUT2D eigenvalue weighted by Crippen LogP contribution is -2.38. The molecule has 8 heteroatoms. The van der Waals surface area contributed by atoms with Gasteiger partial charge in [-0.25, -0.2) is 17.9 Å². The average Bonchev–Trinajstić information content (AvgIpc) is 2.66. The van der Waals surface area contributed by atoms with E-state index in [1.807, 2.05) is 14.0 Å². The van der Waals surface area contributed by atoms with Crippen molar-refractivity contribution < 1.29 is 18.3 Å². The first kappa shape index (κ1) is 29.1. The summed E-state index contributed by atoms with van der Waals surface area (Å²) in [5, 5.41) is 13.4. The summed E-state index contributed by atoms with van der Waals surface area (Å²) in [7, 11) is -1.27. The highest BCUT2D eigenvalue weighted by molar-refractivity contribution is 7.88. The third-order valence-corrected chi connectivity index (χ3v) is 6.10. The second-order valence-electron chi connectivity index (χ2n) is 8.85. The summed E-state index contributed by atoms with van der Waals surface area (Å²) in [5.74, 6) is 0. The average molecular weight is 450 g/mol. The second-order valence-corrected chi connectivity index (χ2v) is 10.7. The van der Waals surface area contributed by atoms with Crippen molar-refractivity contribution in [3.8, 4) is 0 Å². The molecule has 2 amide bonds. The lowest BCUT2D eigenvalue weighted by molar-refractivity contribution is 0.0364. The van der Waals surface area contributed by atoms with Crippen LogP contribution in [0.15, 0.2) is 0 Å². The minimum absolute atomic E-state index is 0.0429. The fourth-order valence-corrected chi connectivity index (χ4v) is 3.90. The van der Waals surface area contributed by atoms with Gasteiger partial charge < -0.3 is 15.3 Å². The first-order valence-corrected chi connectivity index (χ1v) is 13.6. The van der Waals surface area contributed by atoms with E-state index in [1.165, 1.54) is 25.5 Å². The van der Waals surface area contributed by atoms with Crippen LogP contribution in [0, 0.1) is 0 Å². The van der Waals surface area contributed by atoms with E-state index in [-0.39, 0.29) is 6.03 Å². The molecule has 0 radical (unpaired) electrons. The number of sulfonamides is 1. The molecule has 180 valence electrons. The Labute approximate surface area is 185 Å². The predicted molar refractivity (Wildman–Crippen MR) is 125 cm³/mol. The van der Waals surface area contributed by atoms with Crippen molar-refractivity contribution in [2.24, 2.45) is 0 Å². The van der Waals surface area contributed by atoms with Gasteiger partial charge in [-0.15, -0.1) is 0 Å². The van der Waals surface area contributed by atoms with Crippen molar-refractivity contribution >= 4 is 16.1 Å². The number of hydrogen-bond acceptors (Lipinski definition) is 4. The molecule has 0 aromatic rings. The Morgan fingerprint density at radius 3 is 2.03 bits per heavy atom. The Morgan fingerprint density at radius 2 is 1.43 bits per heavy atom. The number of rotatable bonds is 19. The van der Waals surface area contributed by atoms with Crippen molar-refractivity contribution in [1.29, 1.82) is 0 Å². The smallest absolute Gasteiger partial charge is 0.317 e. The van der Waals surface area contributed by atoms with Crippen LogP contribution in [-0.2, 0) is 10.0 Å². The molecule has 0 fully saturated rings. The fraction of sp³-hybridized carbons (Fsp3) is 0.955. The van der Waals surface area contributed by atoms with E-state index in [2.05, 4.69) is 17.0 Å². The highest BCUT2D eigenvalue weighted by atomic mass is 32.2. The van der Waals surface area contributed by atoms with E-state index in [0.29, 0.717) is 19.6 Å². The van der Waals surface area contributed by atoms with Crippen molar-refractivity contribution in [3.63, 3.8) is 0 Å². The highest BCUT2D eigenvalue weighted by Gasteiger charge is 2.19. The van der Waals surface area contributed by atoms with Crippen LogP contribution in [0.4, 0.5) is 4.79 Å². The summed E-state index contributed by atoms with van der Waals surface area (Å²) in [6, 6.07) is -0.0429. The van der Waals surface area contributed by atoms with E-state index in [0.717, 1.165) is 64.2 Å². The molecule has 0 heterocycles. The molecule has 1 unspecified atom stereocenters. The molecule has 0 aromatic heterocycles. The normalized spacial score (nSPS) is 13.8. The summed E-state index contributed by atoms with van der Waals surface area (Å²) >= 11 is 0. The molecule has 0 aliphatic carbocycles. The van der Waals surface area contributed by atoms with Gasteiger partial charge in [0.1, 0.15) is 0 Å². The molecule has 0 aliphatic heterocycles. The number of nitrogens with one attached hydrogen (secondary N) is 2. The summed E-state index contributed by atoms with van der Waals surface area (Å²) in [6.45, 7) is 5.98. The van der Waals surface area contributed by atoms with Gasteiger partial charge >= 0.3 is 6.03 Å².